The summed E-state index contributed by atoms with van der Waals surface area (Å²) in [5.74, 6) is 0.253. The zero-order chi connectivity index (χ0) is 12.2. The summed E-state index contributed by atoms with van der Waals surface area (Å²) in [5, 5.41) is 11.5. The second kappa shape index (κ2) is 6.05. The zero-order valence-electron chi connectivity index (χ0n) is 9.78. The lowest BCUT2D eigenvalue weighted by molar-refractivity contribution is 0.175. The quantitative estimate of drug-likeness (QED) is 0.549. The molecule has 5 nitrogen and oxygen atoms in total. The molecule has 2 N–H and O–H groups in total. The van der Waals surface area contributed by atoms with Crippen LogP contribution in [0.5, 0.6) is 0 Å². The minimum Gasteiger partial charge on any atom is -0.395 e. The predicted octanol–water partition coefficient (Wildman–Crippen LogP) is 0.637. The molecule has 1 fully saturated rings. The van der Waals surface area contributed by atoms with Gasteiger partial charge in [-0.05, 0) is 6.42 Å². The molecule has 1 rings (SSSR count). The Morgan fingerprint density at radius 3 is 3.21 bits per heavy atom. The van der Waals surface area contributed by atoms with E-state index in [1.807, 2.05) is 0 Å². The Hall–Kier alpha value is 0.360. The fourth-order valence-corrected chi connectivity index (χ4v) is 3.13. The number of nitrogens with one attached hydrogen (secondary N) is 1. The van der Waals surface area contributed by atoms with Gasteiger partial charge in [-0.25, -0.2) is 9.76 Å². The Morgan fingerprint density at radius 2 is 2.57 bits per heavy atom. The molecule has 14 heavy (non-hydrogen) atoms. The van der Waals surface area contributed by atoms with E-state index in [0.717, 1.165) is 4.67 Å². The van der Waals surface area contributed by atoms with Crippen molar-refractivity contribution in [3.05, 3.63) is 0 Å². The average molecular weight is 245 g/mol. The Labute approximate surface area is 91.7 Å². The Kier molecular flexibility index (Phi) is 4.14. The van der Waals surface area contributed by atoms with E-state index < -0.39 is 14.2 Å². The lowest BCUT2D eigenvalue weighted by atomic mass is 10.4. The molecule has 7 heteroatoms. The van der Waals surface area contributed by atoms with E-state index in [4.69, 9.17) is 24.0 Å². The summed E-state index contributed by atoms with van der Waals surface area (Å²) in [5.41, 5.74) is 0. The van der Waals surface area contributed by atoms with Crippen molar-refractivity contribution in [2.24, 2.45) is 0 Å². The lowest BCUT2D eigenvalue weighted by Crippen LogP contribution is -2.36. The number of aliphatic hydroxyl groups is 1. The number of nitrogens with zero attached hydrogens (tertiary/aromatic N) is 1. The number of halogens is 1. The predicted molar refractivity (Wildman–Crippen MR) is 55.6 cm³/mol. The molecule has 84 valence electrons. The second-order valence-electron chi connectivity index (χ2n) is 2.71. The molecule has 0 radical (unpaired) electrons. The van der Waals surface area contributed by atoms with Crippen LogP contribution in [0.4, 0.5) is 0 Å². The second-order valence-corrected chi connectivity index (χ2v) is 5.18. The van der Waals surface area contributed by atoms with Crippen LogP contribution >= 0.6 is 19.3 Å². The van der Waals surface area contributed by atoms with Crippen molar-refractivity contribution in [1.29, 1.82) is 0 Å². The third-order valence-corrected chi connectivity index (χ3v) is 4.02. The van der Waals surface area contributed by atoms with E-state index >= 15 is 0 Å². The molecule has 0 spiro atoms. The fraction of sp³-hybridized carbons (Fsp3) is 1.00. The fourth-order valence-electron chi connectivity index (χ4n) is 1.13. The topological polar surface area (TPSA) is 61.8 Å². The van der Waals surface area contributed by atoms with Crippen LogP contribution < -0.4 is 5.09 Å². The molecule has 0 saturated carbocycles. The molecule has 1 unspecified atom stereocenters. The van der Waals surface area contributed by atoms with Crippen LogP contribution in [0.15, 0.2) is 0 Å². The van der Waals surface area contributed by atoms with Gasteiger partial charge in [-0.1, -0.05) is 0 Å². The molecule has 1 heterocycles. The molecular weight excluding hydrogens is 227 g/mol. The summed E-state index contributed by atoms with van der Waals surface area (Å²) in [4.78, 5) is 0. The van der Waals surface area contributed by atoms with Gasteiger partial charge >= 0.3 is 7.67 Å². The third-order valence-electron chi connectivity index (χ3n) is 1.70. The summed E-state index contributed by atoms with van der Waals surface area (Å²) in [6.07, 6.45) is 0.125. The van der Waals surface area contributed by atoms with Crippen molar-refractivity contribution in [3.8, 4) is 0 Å². The van der Waals surface area contributed by atoms with Crippen molar-refractivity contribution in [2.75, 3.05) is 38.7 Å². The first-order valence-corrected chi connectivity index (χ1v) is 6.52. The molecule has 1 atom stereocenters. The number of aliphatic hydroxyl groups excluding tert-OH is 1. The molecule has 0 aromatic heterocycles. The number of hydrogen-bond acceptors (Lipinski definition) is 3. The highest BCUT2D eigenvalue weighted by Crippen LogP contribution is 2.48. The minimum absolute atomic E-state index is 0.0421. The lowest BCUT2D eigenvalue weighted by Gasteiger charge is -2.34. The summed E-state index contributed by atoms with van der Waals surface area (Å²) < 4.78 is 34.0. The van der Waals surface area contributed by atoms with Gasteiger partial charge in [-0.2, -0.15) is 0 Å². The van der Waals surface area contributed by atoms with Gasteiger partial charge in [0.1, 0.15) is 0 Å². The Balaban J connectivity index is 2.82. The number of rotatable bonds is 5. The first-order chi connectivity index (χ1) is 7.46. The third kappa shape index (κ3) is 3.19. The van der Waals surface area contributed by atoms with Crippen molar-refractivity contribution < 1.29 is 16.9 Å². The van der Waals surface area contributed by atoms with E-state index in [1.165, 1.54) is 0 Å². The van der Waals surface area contributed by atoms with Crippen molar-refractivity contribution in [1.82, 2.24) is 9.76 Å². The van der Waals surface area contributed by atoms with Crippen LogP contribution in [-0.2, 0) is 9.09 Å². The molecule has 1 aliphatic heterocycles. The van der Waals surface area contributed by atoms with Gasteiger partial charge in [0.15, 0.2) is 0 Å². The van der Waals surface area contributed by atoms with Gasteiger partial charge in [0, 0.05) is 28.2 Å². The summed E-state index contributed by atoms with van der Waals surface area (Å²) in [6.45, 7) is -1.72. The number of hydrogen-bond donors (Lipinski definition) is 2. The first kappa shape index (κ1) is 9.58. The maximum atomic E-state index is 12.3. The average Bonchev–Trinajstić information content (AvgIpc) is 2.21. The van der Waals surface area contributed by atoms with Gasteiger partial charge in [-0.3, -0.25) is 4.57 Å². The normalized spacial score (nSPS) is 35.0. The molecule has 0 bridgehead atoms. The highest BCUT2D eigenvalue weighted by Gasteiger charge is 2.33. The summed E-state index contributed by atoms with van der Waals surface area (Å²) in [6, 6.07) is 0. The van der Waals surface area contributed by atoms with Gasteiger partial charge in [0.2, 0.25) is 0 Å². The van der Waals surface area contributed by atoms with Gasteiger partial charge < -0.3 is 9.63 Å². The first-order valence-electron chi connectivity index (χ1n) is 5.41. The van der Waals surface area contributed by atoms with Crippen molar-refractivity contribution >= 4 is 19.3 Å². The van der Waals surface area contributed by atoms with Crippen LogP contribution in [0.1, 0.15) is 9.16 Å². The van der Waals surface area contributed by atoms with Crippen LogP contribution in [-0.4, -0.2) is 48.5 Å². The number of β-amino-alcohol motifs (C(OH)–C–C–N with tert-alkyl or cyclic N) is 1. The Bertz CT molecular complexity index is 282. The maximum absolute atomic E-state index is 12.3. The van der Waals surface area contributed by atoms with Crippen molar-refractivity contribution in [2.45, 2.75) is 6.42 Å². The maximum Gasteiger partial charge on any atom is 0.343 e. The smallest absolute Gasteiger partial charge is 0.343 e. The van der Waals surface area contributed by atoms with Crippen LogP contribution in [0.2, 0.25) is 0 Å². The highest BCUT2D eigenvalue weighted by atomic mass is 35.5. The van der Waals surface area contributed by atoms with E-state index in [0.29, 0.717) is 0 Å². The van der Waals surface area contributed by atoms with Crippen LogP contribution in [0.25, 0.3) is 0 Å². The molecular formula is C7H16ClN2O3P. The monoisotopic (exact) mass is 244 g/mol. The van der Waals surface area contributed by atoms with E-state index in [1.54, 1.807) is 0 Å². The van der Waals surface area contributed by atoms with Gasteiger partial charge in [0.05, 0.1) is 13.2 Å². The molecule has 0 aromatic carbocycles. The highest BCUT2D eigenvalue weighted by molar-refractivity contribution is 7.54. The van der Waals surface area contributed by atoms with E-state index in [9.17, 15) is 4.57 Å². The summed E-state index contributed by atoms with van der Waals surface area (Å²) in [7, 11) is -3.41. The molecule has 1 saturated heterocycles. The van der Waals surface area contributed by atoms with E-state index in [2.05, 4.69) is 5.09 Å². The summed E-state index contributed by atoms with van der Waals surface area (Å²) >= 11 is 5.48. The van der Waals surface area contributed by atoms with Crippen LogP contribution in [0.3, 0.4) is 0 Å². The Morgan fingerprint density at radius 1 is 1.79 bits per heavy atom. The molecule has 0 aliphatic carbocycles. The number of alkyl halides is 1. The van der Waals surface area contributed by atoms with Crippen molar-refractivity contribution in [3.63, 3.8) is 0 Å². The van der Waals surface area contributed by atoms with Gasteiger partial charge in [-0.15, -0.1) is 11.6 Å². The molecule has 0 amide bonds. The standard InChI is InChI=1S/C7H16ClN2O3P/c8-2-3-9-14(12)10(5-6-11)4-1-7-13-14/h11H,1-7H2,(H,9,12)/i4D2. The molecule has 0 aromatic rings. The SMILES string of the molecule is [2H]C1([2H])CCOP(=O)(NCCCl)N1CCO. The molecule has 1 aliphatic rings. The zero-order valence-corrected chi connectivity index (χ0v) is 9.43. The minimum atomic E-state index is -3.41. The largest absolute Gasteiger partial charge is 0.395 e. The van der Waals surface area contributed by atoms with Gasteiger partial charge in [0.25, 0.3) is 0 Å². The van der Waals surface area contributed by atoms with E-state index in [-0.39, 0.29) is 38.6 Å². The van der Waals surface area contributed by atoms with Crippen LogP contribution in [0, 0.1) is 0 Å².